The van der Waals surface area contributed by atoms with Crippen molar-refractivity contribution in [3.8, 4) is 0 Å². The molecule has 0 aliphatic carbocycles. The number of hydrogen-bond acceptors (Lipinski definition) is 4. The van der Waals surface area contributed by atoms with Crippen LogP contribution in [0.3, 0.4) is 0 Å². The van der Waals surface area contributed by atoms with Gasteiger partial charge >= 0.3 is 0 Å². The van der Waals surface area contributed by atoms with Crippen LogP contribution in [0.5, 0.6) is 0 Å². The molecule has 7 heteroatoms. The number of nitrogens with zero attached hydrogens (tertiary/aromatic N) is 1. The summed E-state index contributed by atoms with van der Waals surface area (Å²) in [5, 5.41) is 0. The second-order valence-corrected chi connectivity index (χ2v) is 6.26. The number of benzene rings is 1. The Balaban J connectivity index is 2.33. The Bertz CT molecular complexity index is 680. The molecular weight excluding hydrogens is 276 g/mol. The standard InChI is InChI=1S/C13H18N4O2S/c1-3-11(13-15-6-7-16-13)17-20(18,19)12-8-10(14)5-4-9(12)2/h4-8,11,17H,3,14H2,1-2H3,(H,15,16). The van der Waals surface area contributed by atoms with Crippen LogP contribution in [0.2, 0.25) is 0 Å². The number of aromatic amines is 1. The van der Waals surface area contributed by atoms with Crippen molar-refractivity contribution in [3.63, 3.8) is 0 Å². The molecule has 1 aromatic heterocycles. The molecule has 1 unspecified atom stereocenters. The summed E-state index contributed by atoms with van der Waals surface area (Å²) in [5.74, 6) is 0.595. The number of sulfonamides is 1. The number of rotatable bonds is 5. The molecule has 0 aliphatic rings. The van der Waals surface area contributed by atoms with Crippen LogP contribution >= 0.6 is 0 Å². The maximum atomic E-state index is 12.5. The lowest BCUT2D eigenvalue weighted by Crippen LogP contribution is -2.29. The summed E-state index contributed by atoms with van der Waals surface area (Å²) in [6, 6.07) is 4.44. The zero-order valence-corrected chi connectivity index (χ0v) is 12.2. The van der Waals surface area contributed by atoms with Crippen molar-refractivity contribution in [2.45, 2.75) is 31.2 Å². The molecule has 0 bridgehead atoms. The van der Waals surface area contributed by atoms with Crippen molar-refractivity contribution in [3.05, 3.63) is 42.0 Å². The molecule has 108 valence electrons. The van der Waals surface area contributed by atoms with Gasteiger partial charge in [-0.1, -0.05) is 13.0 Å². The van der Waals surface area contributed by atoms with Gasteiger partial charge in [0.15, 0.2) is 0 Å². The lowest BCUT2D eigenvalue weighted by Gasteiger charge is -2.16. The molecule has 0 aliphatic heterocycles. The molecule has 2 aromatic rings. The molecule has 1 heterocycles. The molecule has 2 rings (SSSR count). The first-order valence-electron chi connectivity index (χ1n) is 6.31. The van der Waals surface area contributed by atoms with E-state index in [4.69, 9.17) is 5.73 Å². The fraction of sp³-hybridized carbons (Fsp3) is 0.308. The molecule has 0 spiro atoms. The van der Waals surface area contributed by atoms with Crippen LogP contribution in [0.1, 0.15) is 30.8 Å². The van der Waals surface area contributed by atoms with Crippen LogP contribution in [-0.4, -0.2) is 18.4 Å². The second-order valence-electron chi connectivity index (χ2n) is 4.58. The molecule has 0 saturated carbocycles. The van der Waals surface area contributed by atoms with Gasteiger partial charge in [0.25, 0.3) is 0 Å². The lowest BCUT2D eigenvalue weighted by molar-refractivity contribution is 0.539. The molecule has 0 saturated heterocycles. The van der Waals surface area contributed by atoms with Gasteiger partial charge in [-0.3, -0.25) is 0 Å². The molecule has 6 nitrogen and oxygen atoms in total. The highest BCUT2D eigenvalue weighted by Gasteiger charge is 2.23. The van der Waals surface area contributed by atoms with E-state index in [1.165, 1.54) is 6.07 Å². The Morgan fingerprint density at radius 2 is 2.20 bits per heavy atom. The molecule has 0 fully saturated rings. The van der Waals surface area contributed by atoms with Gasteiger partial charge in [0.2, 0.25) is 10.0 Å². The molecule has 1 aromatic carbocycles. The average Bonchev–Trinajstić information content (AvgIpc) is 2.92. The van der Waals surface area contributed by atoms with Crippen LogP contribution in [0, 0.1) is 6.92 Å². The minimum atomic E-state index is -3.64. The Kier molecular flexibility index (Phi) is 4.10. The van der Waals surface area contributed by atoms with Crippen LogP contribution in [-0.2, 0) is 10.0 Å². The van der Waals surface area contributed by atoms with Crippen LogP contribution in [0.15, 0.2) is 35.5 Å². The van der Waals surface area contributed by atoms with Gasteiger partial charge in [-0.25, -0.2) is 18.1 Å². The van der Waals surface area contributed by atoms with E-state index in [1.54, 1.807) is 31.5 Å². The van der Waals surface area contributed by atoms with Gasteiger partial charge in [0, 0.05) is 18.1 Å². The number of imidazole rings is 1. The normalized spacial score (nSPS) is 13.3. The summed E-state index contributed by atoms with van der Waals surface area (Å²) in [4.78, 5) is 7.22. The van der Waals surface area contributed by atoms with Crippen molar-refractivity contribution >= 4 is 15.7 Å². The first kappa shape index (κ1) is 14.5. The van der Waals surface area contributed by atoms with E-state index >= 15 is 0 Å². The second kappa shape index (κ2) is 5.64. The van der Waals surface area contributed by atoms with Gasteiger partial charge in [0.1, 0.15) is 5.82 Å². The van der Waals surface area contributed by atoms with Gasteiger partial charge in [-0.15, -0.1) is 0 Å². The predicted octanol–water partition coefficient (Wildman–Crippen LogP) is 1.73. The van der Waals surface area contributed by atoms with E-state index in [-0.39, 0.29) is 4.90 Å². The average molecular weight is 294 g/mol. The third-order valence-electron chi connectivity index (χ3n) is 3.06. The van der Waals surface area contributed by atoms with Gasteiger partial charge in [-0.05, 0) is 31.0 Å². The summed E-state index contributed by atoms with van der Waals surface area (Å²) in [6.45, 7) is 3.63. The van der Waals surface area contributed by atoms with Crippen molar-refractivity contribution in [2.75, 3.05) is 5.73 Å². The Labute approximate surface area is 118 Å². The minimum absolute atomic E-state index is 0.197. The highest BCUT2D eigenvalue weighted by Crippen LogP contribution is 2.21. The summed E-state index contributed by atoms with van der Waals surface area (Å²) in [5.41, 5.74) is 6.74. The molecule has 20 heavy (non-hydrogen) atoms. The molecule has 0 radical (unpaired) electrons. The number of nitrogens with two attached hydrogens (primary N) is 1. The topological polar surface area (TPSA) is 101 Å². The fourth-order valence-corrected chi connectivity index (χ4v) is 3.52. The first-order valence-corrected chi connectivity index (χ1v) is 7.80. The SMILES string of the molecule is CCC(NS(=O)(=O)c1cc(N)ccc1C)c1ncc[nH]1. The number of H-pyrrole nitrogens is 1. The van der Waals surface area contributed by atoms with E-state index in [9.17, 15) is 8.42 Å². The summed E-state index contributed by atoms with van der Waals surface area (Å²) < 4.78 is 27.6. The molecular formula is C13H18N4O2S. The third kappa shape index (κ3) is 3.00. The Morgan fingerprint density at radius 3 is 2.80 bits per heavy atom. The number of anilines is 1. The summed E-state index contributed by atoms with van der Waals surface area (Å²) in [7, 11) is -3.64. The van der Waals surface area contributed by atoms with E-state index < -0.39 is 16.1 Å². The van der Waals surface area contributed by atoms with E-state index in [0.717, 1.165) is 0 Å². The highest BCUT2D eigenvalue weighted by molar-refractivity contribution is 7.89. The maximum absolute atomic E-state index is 12.5. The number of nitrogen functional groups attached to an aromatic ring is 1. The van der Waals surface area contributed by atoms with Crippen molar-refractivity contribution in [1.82, 2.24) is 14.7 Å². The lowest BCUT2D eigenvalue weighted by atomic mass is 10.2. The van der Waals surface area contributed by atoms with E-state index in [2.05, 4.69) is 14.7 Å². The Hall–Kier alpha value is -1.86. The number of nitrogens with one attached hydrogen (secondary N) is 2. The smallest absolute Gasteiger partial charge is 0.241 e. The first-order chi connectivity index (χ1) is 9.44. The monoisotopic (exact) mass is 294 g/mol. The van der Waals surface area contributed by atoms with Crippen LogP contribution < -0.4 is 10.5 Å². The Morgan fingerprint density at radius 1 is 1.45 bits per heavy atom. The van der Waals surface area contributed by atoms with Crippen LogP contribution in [0.4, 0.5) is 5.69 Å². The van der Waals surface area contributed by atoms with Gasteiger partial charge < -0.3 is 10.7 Å². The summed E-state index contributed by atoms with van der Waals surface area (Å²) in [6.07, 6.45) is 3.85. The van der Waals surface area contributed by atoms with Gasteiger partial charge in [-0.2, -0.15) is 0 Å². The molecule has 4 N–H and O–H groups in total. The largest absolute Gasteiger partial charge is 0.399 e. The molecule has 1 atom stereocenters. The van der Waals surface area contributed by atoms with Crippen molar-refractivity contribution in [1.29, 1.82) is 0 Å². The fourth-order valence-electron chi connectivity index (χ4n) is 1.96. The van der Waals surface area contributed by atoms with Crippen LogP contribution in [0.25, 0.3) is 0 Å². The minimum Gasteiger partial charge on any atom is -0.399 e. The number of hydrogen-bond donors (Lipinski definition) is 3. The van der Waals surface area contributed by atoms with Crippen molar-refractivity contribution < 1.29 is 8.42 Å². The quantitative estimate of drug-likeness (QED) is 0.731. The predicted molar refractivity (Wildman–Crippen MR) is 77.5 cm³/mol. The van der Waals surface area contributed by atoms with Gasteiger partial charge in [0.05, 0.1) is 10.9 Å². The third-order valence-corrected chi connectivity index (χ3v) is 4.67. The zero-order chi connectivity index (χ0) is 14.8. The number of aromatic nitrogens is 2. The highest BCUT2D eigenvalue weighted by atomic mass is 32.2. The number of aryl methyl sites for hydroxylation is 1. The van der Waals surface area contributed by atoms with E-state index in [1.807, 2.05) is 6.92 Å². The van der Waals surface area contributed by atoms with E-state index in [0.29, 0.717) is 23.5 Å². The van der Waals surface area contributed by atoms with Crippen molar-refractivity contribution in [2.24, 2.45) is 0 Å². The molecule has 0 amide bonds. The zero-order valence-electron chi connectivity index (χ0n) is 11.4. The summed E-state index contributed by atoms with van der Waals surface area (Å²) >= 11 is 0. The maximum Gasteiger partial charge on any atom is 0.241 e.